The highest BCUT2D eigenvalue weighted by atomic mass is 32.1. The van der Waals surface area contributed by atoms with Crippen LogP contribution in [0.4, 0.5) is 5.00 Å². The van der Waals surface area contributed by atoms with Crippen molar-refractivity contribution in [1.29, 1.82) is 5.26 Å². The third-order valence-electron chi connectivity index (χ3n) is 7.68. The molecule has 0 radical (unpaired) electrons. The summed E-state index contributed by atoms with van der Waals surface area (Å²) in [7, 11) is 3.19. The number of hydrogen-bond donors (Lipinski definition) is 0. The molecular formula is C29H32N2O4S. The fraction of sp³-hybridized carbons (Fsp3) is 0.483. The average molecular weight is 505 g/mol. The highest BCUT2D eigenvalue weighted by Crippen LogP contribution is 2.52. The largest absolute Gasteiger partial charge is 0.497 e. The summed E-state index contributed by atoms with van der Waals surface area (Å²) in [5, 5.41) is 10.9. The summed E-state index contributed by atoms with van der Waals surface area (Å²) in [5.74, 6) is 0.860. The Kier molecular flexibility index (Phi) is 6.42. The number of ketones is 1. The molecule has 3 aliphatic rings. The van der Waals surface area contributed by atoms with E-state index in [2.05, 4.69) is 19.9 Å². The first-order valence-electron chi connectivity index (χ1n) is 12.6. The van der Waals surface area contributed by atoms with E-state index in [-0.39, 0.29) is 23.5 Å². The lowest BCUT2D eigenvalue weighted by Crippen LogP contribution is -2.43. The van der Waals surface area contributed by atoms with Gasteiger partial charge in [-0.2, -0.15) is 5.26 Å². The lowest BCUT2D eigenvalue weighted by atomic mass is 9.69. The van der Waals surface area contributed by atoms with Crippen LogP contribution in [0.1, 0.15) is 79.9 Å². The number of fused-ring (bicyclic) bond motifs is 1. The first kappa shape index (κ1) is 24.6. The van der Waals surface area contributed by atoms with E-state index in [9.17, 15) is 14.9 Å². The number of allylic oxidation sites excluding steroid dienone is 2. The van der Waals surface area contributed by atoms with E-state index < -0.39 is 5.92 Å². The van der Waals surface area contributed by atoms with Gasteiger partial charge in [-0.15, -0.1) is 11.3 Å². The Bertz CT molecular complexity index is 1310. The van der Waals surface area contributed by atoms with Gasteiger partial charge in [0.1, 0.15) is 22.6 Å². The highest BCUT2D eigenvalue weighted by molar-refractivity contribution is 7.16. The molecule has 1 amide bonds. The molecule has 1 aliphatic heterocycles. The SMILES string of the molecule is COc1ccc(C2CC(=O)N(c3sc4c(c3C#N)CCCCC4)C3=C2C(=O)CC(C)(C)C3)c(OC)c1. The maximum Gasteiger partial charge on any atom is 0.232 e. The topological polar surface area (TPSA) is 79.6 Å². The summed E-state index contributed by atoms with van der Waals surface area (Å²) in [5.41, 5.74) is 3.70. The monoisotopic (exact) mass is 504 g/mol. The van der Waals surface area contributed by atoms with Crippen LogP contribution >= 0.6 is 11.3 Å². The molecule has 0 bridgehead atoms. The summed E-state index contributed by atoms with van der Waals surface area (Å²) in [6, 6.07) is 7.97. The lowest BCUT2D eigenvalue weighted by molar-refractivity contribution is -0.120. The van der Waals surface area contributed by atoms with Gasteiger partial charge >= 0.3 is 0 Å². The van der Waals surface area contributed by atoms with Crippen LogP contribution in [-0.2, 0) is 22.4 Å². The van der Waals surface area contributed by atoms with Crippen LogP contribution in [0.25, 0.3) is 0 Å². The van der Waals surface area contributed by atoms with Crippen LogP contribution in [-0.4, -0.2) is 25.9 Å². The molecule has 188 valence electrons. The number of rotatable bonds is 4. The quantitative estimate of drug-likeness (QED) is 0.472. The zero-order chi connectivity index (χ0) is 25.6. The molecule has 0 N–H and O–H groups in total. The molecule has 2 aromatic rings. The number of aryl methyl sites for hydroxylation is 1. The Morgan fingerprint density at radius 2 is 1.86 bits per heavy atom. The van der Waals surface area contributed by atoms with Gasteiger partial charge in [-0.1, -0.05) is 26.3 Å². The summed E-state index contributed by atoms with van der Waals surface area (Å²) in [4.78, 5) is 30.6. The van der Waals surface area contributed by atoms with Gasteiger partial charge < -0.3 is 9.47 Å². The number of carbonyl (C=O) groups excluding carboxylic acids is 2. The predicted molar refractivity (Wildman–Crippen MR) is 140 cm³/mol. The van der Waals surface area contributed by atoms with Crippen LogP contribution in [0.3, 0.4) is 0 Å². The van der Waals surface area contributed by atoms with Crippen molar-refractivity contribution in [3.8, 4) is 17.6 Å². The Labute approximate surface area is 216 Å². The number of thiophene rings is 1. The molecule has 6 nitrogen and oxygen atoms in total. The standard InChI is InChI=1S/C29H32N2O4S/c1-29(2)14-22-27(23(32)15-29)20(18-11-10-17(34-3)12-24(18)35-4)13-26(33)31(22)28-21(16-30)19-8-6-5-7-9-25(19)36-28/h10-12,20H,5-9,13-15H2,1-4H3. The Hall–Kier alpha value is -3.11. The van der Waals surface area contributed by atoms with Crippen molar-refractivity contribution in [3.63, 3.8) is 0 Å². The molecule has 1 aromatic carbocycles. The number of amides is 1. The molecule has 2 heterocycles. The molecule has 5 rings (SSSR count). The second-order valence-electron chi connectivity index (χ2n) is 10.8. The molecule has 0 spiro atoms. The van der Waals surface area contributed by atoms with Crippen molar-refractivity contribution >= 4 is 28.0 Å². The molecule has 2 aliphatic carbocycles. The van der Waals surface area contributed by atoms with Gasteiger partial charge in [0, 0.05) is 46.5 Å². The first-order valence-corrected chi connectivity index (χ1v) is 13.5. The van der Waals surface area contributed by atoms with Crippen LogP contribution in [0, 0.1) is 16.7 Å². The Balaban J connectivity index is 1.70. The molecule has 0 saturated heterocycles. The number of nitrogens with zero attached hydrogens (tertiary/aromatic N) is 2. The normalized spacial score (nSPS) is 21.4. The summed E-state index contributed by atoms with van der Waals surface area (Å²) >= 11 is 1.57. The molecule has 0 fully saturated rings. The van der Waals surface area contributed by atoms with Crippen LogP contribution in [0.15, 0.2) is 29.5 Å². The summed E-state index contributed by atoms with van der Waals surface area (Å²) in [6.07, 6.45) is 6.32. The van der Waals surface area contributed by atoms with Gasteiger partial charge in [-0.25, -0.2) is 0 Å². The van der Waals surface area contributed by atoms with Gasteiger partial charge in [0.05, 0.1) is 19.8 Å². The van der Waals surface area contributed by atoms with E-state index in [1.165, 1.54) is 4.88 Å². The number of ether oxygens (including phenoxy) is 2. The Morgan fingerprint density at radius 1 is 1.08 bits per heavy atom. The Morgan fingerprint density at radius 3 is 2.58 bits per heavy atom. The van der Waals surface area contributed by atoms with Crippen molar-refractivity contribution in [2.24, 2.45) is 5.41 Å². The van der Waals surface area contributed by atoms with E-state index in [1.54, 1.807) is 36.5 Å². The number of anilines is 1. The van der Waals surface area contributed by atoms with Crippen LogP contribution in [0.5, 0.6) is 11.5 Å². The molecule has 0 saturated carbocycles. The lowest BCUT2D eigenvalue weighted by Gasteiger charge is -2.42. The third kappa shape index (κ3) is 4.12. The van der Waals surface area contributed by atoms with Crippen molar-refractivity contribution in [1.82, 2.24) is 0 Å². The zero-order valence-corrected chi connectivity index (χ0v) is 22.2. The predicted octanol–water partition coefficient (Wildman–Crippen LogP) is 6.07. The van der Waals surface area contributed by atoms with Crippen molar-refractivity contribution in [2.75, 3.05) is 19.1 Å². The smallest absolute Gasteiger partial charge is 0.232 e. The van der Waals surface area contributed by atoms with Gasteiger partial charge in [-0.3, -0.25) is 14.5 Å². The number of Topliss-reactive ketones (excluding diaryl/α,β-unsaturated/α-hetero) is 1. The van der Waals surface area contributed by atoms with E-state index in [4.69, 9.17) is 9.47 Å². The van der Waals surface area contributed by atoms with Crippen LogP contribution in [0.2, 0.25) is 0 Å². The summed E-state index contributed by atoms with van der Waals surface area (Å²) < 4.78 is 11.0. The molecule has 1 atom stereocenters. The fourth-order valence-electron chi connectivity index (χ4n) is 6.02. The number of hydrogen-bond acceptors (Lipinski definition) is 6. The van der Waals surface area contributed by atoms with E-state index in [0.29, 0.717) is 40.5 Å². The highest BCUT2D eigenvalue weighted by Gasteiger charge is 2.46. The van der Waals surface area contributed by atoms with Gasteiger partial charge in [0.25, 0.3) is 0 Å². The molecular weight excluding hydrogens is 472 g/mol. The molecule has 36 heavy (non-hydrogen) atoms. The van der Waals surface area contributed by atoms with Gasteiger partial charge in [0.2, 0.25) is 5.91 Å². The van der Waals surface area contributed by atoms with Gasteiger partial charge in [-0.05, 0) is 49.1 Å². The molecule has 1 aromatic heterocycles. The second kappa shape index (κ2) is 9.40. The van der Waals surface area contributed by atoms with E-state index in [0.717, 1.165) is 48.9 Å². The van der Waals surface area contributed by atoms with Crippen molar-refractivity contribution in [2.45, 2.75) is 71.1 Å². The fourth-order valence-corrected chi connectivity index (χ4v) is 7.41. The van der Waals surface area contributed by atoms with Crippen molar-refractivity contribution < 1.29 is 19.1 Å². The molecule has 1 unspecified atom stereocenters. The average Bonchev–Trinajstić information content (AvgIpc) is 3.01. The zero-order valence-electron chi connectivity index (χ0n) is 21.4. The van der Waals surface area contributed by atoms with Crippen molar-refractivity contribution in [3.05, 3.63) is 51.0 Å². The number of nitriles is 1. The van der Waals surface area contributed by atoms with Gasteiger partial charge in [0.15, 0.2) is 5.78 Å². The minimum Gasteiger partial charge on any atom is -0.497 e. The summed E-state index contributed by atoms with van der Waals surface area (Å²) in [6.45, 7) is 4.15. The second-order valence-corrected chi connectivity index (χ2v) is 11.8. The van der Waals surface area contributed by atoms with E-state index >= 15 is 0 Å². The molecule has 7 heteroatoms. The van der Waals surface area contributed by atoms with E-state index in [1.807, 2.05) is 12.1 Å². The number of benzene rings is 1. The number of carbonyl (C=O) groups is 2. The number of methoxy groups -OCH3 is 2. The maximum absolute atomic E-state index is 13.9. The third-order valence-corrected chi connectivity index (χ3v) is 8.95. The maximum atomic E-state index is 13.9. The minimum atomic E-state index is -0.392. The van der Waals surface area contributed by atoms with Crippen LogP contribution < -0.4 is 14.4 Å². The first-order chi connectivity index (χ1) is 17.3. The minimum absolute atomic E-state index is 0.0678.